The van der Waals surface area contributed by atoms with E-state index < -0.39 is 0 Å². The van der Waals surface area contributed by atoms with Crippen molar-refractivity contribution in [1.82, 2.24) is 19.9 Å². The van der Waals surface area contributed by atoms with Gasteiger partial charge in [-0.1, -0.05) is 18.9 Å². The third-order valence-electron chi connectivity index (χ3n) is 7.45. The smallest absolute Gasteiger partial charge is 0.263 e. The largest absolute Gasteiger partial charge is 0.317 e. The Balaban J connectivity index is 1.46. The van der Waals surface area contributed by atoms with E-state index >= 15 is 0 Å². The van der Waals surface area contributed by atoms with E-state index in [-0.39, 0.29) is 22.9 Å². The van der Waals surface area contributed by atoms with Gasteiger partial charge in [-0.3, -0.25) is 19.1 Å². The Morgan fingerprint density at radius 2 is 1.94 bits per heavy atom. The predicted octanol–water partition coefficient (Wildman–Crippen LogP) is 3.41. The summed E-state index contributed by atoms with van der Waals surface area (Å²) in [5, 5.41) is 7.41. The zero-order valence-corrected chi connectivity index (χ0v) is 19.4. The first kappa shape index (κ1) is 21.9. The summed E-state index contributed by atoms with van der Waals surface area (Å²) in [5.41, 5.74) is 1.27. The van der Waals surface area contributed by atoms with Crippen LogP contribution in [0.1, 0.15) is 67.4 Å². The third kappa shape index (κ3) is 4.24. The van der Waals surface area contributed by atoms with Crippen LogP contribution >= 0.6 is 0 Å². The minimum atomic E-state index is -0.233. The van der Waals surface area contributed by atoms with Gasteiger partial charge in [0.2, 0.25) is 5.95 Å². The molecule has 1 atom stereocenters. The summed E-state index contributed by atoms with van der Waals surface area (Å²) in [6.07, 6.45) is 12.4. The number of anilines is 1. The van der Waals surface area contributed by atoms with E-state index in [2.05, 4.69) is 21.7 Å². The Hall–Kier alpha value is -2.87. The second-order valence-corrected chi connectivity index (χ2v) is 9.56. The summed E-state index contributed by atoms with van der Waals surface area (Å²) in [6, 6.07) is 0.0686. The summed E-state index contributed by atoms with van der Waals surface area (Å²) in [4.78, 5) is 39.6. The van der Waals surface area contributed by atoms with Gasteiger partial charge < -0.3 is 10.6 Å². The molecule has 4 heterocycles. The van der Waals surface area contributed by atoms with Crippen LogP contribution in [-0.4, -0.2) is 45.8 Å². The number of Topliss-reactive ketones (excluding diaryl/α,β-unsaturated/α-hetero) is 1. The summed E-state index contributed by atoms with van der Waals surface area (Å²) in [7, 11) is 0. The average molecular weight is 449 g/mol. The Kier molecular flexibility index (Phi) is 6.10. The molecule has 1 unspecified atom stereocenters. The maximum Gasteiger partial charge on any atom is 0.263 e. The number of piperidine rings is 1. The van der Waals surface area contributed by atoms with Gasteiger partial charge in [0.1, 0.15) is 11.5 Å². The van der Waals surface area contributed by atoms with Crippen molar-refractivity contribution in [3.63, 3.8) is 0 Å². The van der Waals surface area contributed by atoms with Crippen LogP contribution in [0.3, 0.4) is 0 Å². The van der Waals surface area contributed by atoms with Crippen molar-refractivity contribution in [2.24, 2.45) is 16.8 Å². The van der Waals surface area contributed by atoms with Crippen molar-refractivity contribution in [3.05, 3.63) is 39.8 Å². The standard InChI is InChI=1S/C25H32N6O2/c1-15-20-14-28-25(29-21-8-7-18(13-27-21)17-9-11-26-12-10-17)30-23(20)31(19-5-3-4-6-19)24(33)22(15)16(2)32/h7-8,14,17-19,26H,3-6,9-13H2,1-2H3,(H,27,28,29,30). The molecular weight excluding hydrogens is 416 g/mol. The first-order chi connectivity index (χ1) is 16.0. The van der Waals surface area contributed by atoms with Gasteiger partial charge in [0.05, 0.1) is 5.56 Å². The highest BCUT2D eigenvalue weighted by Gasteiger charge is 2.26. The van der Waals surface area contributed by atoms with Gasteiger partial charge in [0.25, 0.3) is 5.56 Å². The first-order valence-corrected chi connectivity index (χ1v) is 12.2. The Morgan fingerprint density at radius 3 is 2.61 bits per heavy atom. The number of aryl methyl sites for hydroxylation is 1. The molecule has 2 fully saturated rings. The number of fused-ring (bicyclic) bond motifs is 1. The van der Waals surface area contributed by atoms with Crippen LogP contribution in [0.2, 0.25) is 0 Å². The SMILES string of the molecule is CC(=O)c1c(C)c2cnc(NC3=NCC(C4CCNCC4)C=C3)nc2n(C2CCCC2)c1=O. The zero-order chi connectivity index (χ0) is 22.9. The highest BCUT2D eigenvalue weighted by Crippen LogP contribution is 2.32. The lowest BCUT2D eigenvalue weighted by molar-refractivity contribution is 0.101. The van der Waals surface area contributed by atoms with Crippen LogP contribution in [0.4, 0.5) is 5.95 Å². The molecule has 174 valence electrons. The molecule has 8 nitrogen and oxygen atoms in total. The van der Waals surface area contributed by atoms with Crippen molar-refractivity contribution in [2.45, 2.75) is 58.4 Å². The summed E-state index contributed by atoms with van der Waals surface area (Å²) < 4.78 is 1.74. The van der Waals surface area contributed by atoms with Gasteiger partial charge in [0, 0.05) is 24.2 Å². The Bertz CT molecular complexity index is 1190. The van der Waals surface area contributed by atoms with E-state index in [0.29, 0.717) is 29.0 Å². The van der Waals surface area contributed by atoms with Crippen LogP contribution in [0.5, 0.6) is 0 Å². The number of nitrogens with zero attached hydrogens (tertiary/aromatic N) is 4. The molecule has 1 saturated carbocycles. The molecule has 0 spiro atoms. The number of hydrogen-bond acceptors (Lipinski definition) is 7. The van der Waals surface area contributed by atoms with E-state index in [1.54, 1.807) is 10.8 Å². The topological polar surface area (TPSA) is 101 Å². The number of nitrogens with one attached hydrogen (secondary N) is 2. The molecule has 3 aliphatic rings. The minimum Gasteiger partial charge on any atom is -0.317 e. The average Bonchev–Trinajstić information content (AvgIpc) is 3.34. The number of rotatable bonds is 4. The second kappa shape index (κ2) is 9.17. The lowest BCUT2D eigenvalue weighted by Gasteiger charge is -2.29. The van der Waals surface area contributed by atoms with E-state index in [1.807, 2.05) is 13.0 Å². The number of aliphatic imine (C=N–C) groups is 1. The number of carbonyl (C=O) groups is 1. The quantitative estimate of drug-likeness (QED) is 0.695. The van der Waals surface area contributed by atoms with Crippen molar-refractivity contribution in [2.75, 3.05) is 25.0 Å². The zero-order valence-electron chi connectivity index (χ0n) is 19.4. The summed E-state index contributed by atoms with van der Waals surface area (Å²) in [6.45, 7) is 6.20. The number of ketones is 1. The molecule has 2 aromatic rings. The first-order valence-electron chi connectivity index (χ1n) is 12.2. The fourth-order valence-corrected chi connectivity index (χ4v) is 5.62. The molecule has 2 aromatic heterocycles. The fourth-order valence-electron chi connectivity index (χ4n) is 5.62. The van der Waals surface area contributed by atoms with E-state index in [4.69, 9.17) is 9.98 Å². The number of pyridine rings is 1. The van der Waals surface area contributed by atoms with E-state index in [0.717, 1.165) is 56.5 Å². The normalized spacial score (nSPS) is 22.0. The molecule has 8 heteroatoms. The van der Waals surface area contributed by atoms with Gasteiger partial charge in [-0.15, -0.1) is 0 Å². The monoisotopic (exact) mass is 448 g/mol. The van der Waals surface area contributed by atoms with E-state index in [9.17, 15) is 9.59 Å². The van der Waals surface area contributed by atoms with Crippen LogP contribution in [0.15, 0.2) is 28.1 Å². The van der Waals surface area contributed by atoms with Crippen LogP contribution < -0.4 is 16.2 Å². The van der Waals surface area contributed by atoms with Crippen molar-refractivity contribution in [1.29, 1.82) is 0 Å². The van der Waals surface area contributed by atoms with Crippen LogP contribution in [0.25, 0.3) is 11.0 Å². The molecule has 1 saturated heterocycles. The number of dihydropyridines is 1. The molecule has 2 N–H and O–H groups in total. The molecule has 1 aliphatic carbocycles. The summed E-state index contributed by atoms with van der Waals surface area (Å²) >= 11 is 0. The lowest BCUT2D eigenvalue weighted by Crippen LogP contribution is -2.33. The molecule has 0 amide bonds. The number of hydrogen-bond donors (Lipinski definition) is 2. The predicted molar refractivity (Wildman–Crippen MR) is 130 cm³/mol. The van der Waals surface area contributed by atoms with Gasteiger partial charge in [-0.05, 0) is 76.1 Å². The molecule has 33 heavy (non-hydrogen) atoms. The fraction of sp³-hybridized carbons (Fsp3) is 0.560. The maximum atomic E-state index is 13.3. The van der Waals surface area contributed by atoms with Crippen LogP contribution in [0, 0.1) is 18.8 Å². The highest BCUT2D eigenvalue weighted by molar-refractivity contribution is 6.04. The second-order valence-electron chi connectivity index (χ2n) is 9.56. The van der Waals surface area contributed by atoms with Crippen molar-refractivity contribution in [3.8, 4) is 0 Å². The minimum absolute atomic E-state index is 0.0686. The van der Waals surface area contributed by atoms with Gasteiger partial charge in [0.15, 0.2) is 5.78 Å². The highest BCUT2D eigenvalue weighted by atomic mass is 16.1. The molecular formula is C25H32N6O2. The lowest BCUT2D eigenvalue weighted by atomic mass is 9.84. The molecule has 0 radical (unpaired) electrons. The van der Waals surface area contributed by atoms with Gasteiger partial charge in [-0.25, -0.2) is 4.98 Å². The molecule has 5 rings (SSSR count). The summed E-state index contributed by atoms with van der Waals surface area (Å²) in [5.74, 6) is 2.12. The third-order valence-corrected chi connectivity index (χ3v) is 7.45. The Morgan fingerprint density at radius 1 is 1.18 bits per heavy atom. The van der Waals surface area contributed by atoms with Crippen molar-refractivity contribution >= 4 is 28.6 Å². The Labute approximate surface area is 193 Å². The number of amidine groups is 1. The molecule has 2 aliphatic heterocycles. The number of aromatic nitrogens is 3. The van der Waals surface area contributed by atoms with Crippen molar-refractivity contribution < 1.29 is 4.79 Å². The van der Waals surface area contributed by atoms with E-state index in [1.165, 1.54) is 19.8 Å². The van der Waals surface area contributed by atoms with Crippen LogP contribution in [-0.2, 0) is 0 Å². The van der Waals surface area contributed by atoms with Gasteiger partial charge in [-0.2, -0.15) is 4.98 Å². The molecule has 0 bridgehead atoms. The maximum absolute atomic E-state index is 13.3. The molecule has 0 aromatic carbocycles. The van der Waals surface area contributed by atoms with Gasteiger partial charge >= 0.3 is 0 Å². The number of carbonyl (C=O) groups excluding carboxylic acids is 1.